The highest BCUT2D eigenvalue weighted by Crippen LogP contribution is 2.65. The SMILES string of the molecule is CC1(C)[C@H]2CC[C@@]1(C)[C@H](NC(=O)CCNC(=O)C1CCCC1)C2. The summed E-state index contributed by atoms with van der Waals surface area (Å²) in [7, 11) is 0. The van der Waals surface area contributed by atoms with Crippen LogP contribution in [0.3, 0.4) is 0 Å². The number of rotatable bonds is 5. The van der Waals surface area contributed by atoms with Gasteiger partial charge < -0.3 is 10.6 Å². The van der Waals surface area contributed by atoms with Crippen LogP contribution in [-0.4, -0.2) is 24.4 Å². The summed E-state index contributed by atoms with van der Waals surface area (Å²) in [5.74, 6) is 1.15. The van der Waals surface area contributed by atoms with Crippen molar-refractivity contribution in [2.24, 2.45) is 22.7 Å². The number of fused-ring (bicyclic) bond motifs is 2. The largest absolute Gasteiger partial charge is 0.355 e. The van der Waals surface area contributed by atoms with Gasteiger partial charge >= 0.3 is 0 Å². The smallest absolute Gasteiger partial charge is 0.223 e. The Morgan fingerprint density at radius 1 is 1.09 bits per heavy atom. The minimum atomic E-state index is 0.0892. The summed E-state index contributed by atoms with van der Waals surface area (Å²) in [5, 5.41) is 6.20. The lowest BCUT2D eigenvalue weighted by molar-refractivity contribution is -0.125. The molecule has 0 unspecified atom stereocenters. The minimum absolute atomic E-state index is 0.0892. The van der Waals surface area contributed by atoms with Crippen LogP contribution >= 0.6 is 0 Å². The van der Waals surface area contributed by atoms with E-state index in [1.54, 1.807) is 0 Å². The average Bonchev–Trinajstić information content (AvgIpc) is 3.13. The van der Waals surface area contributed by atoms with Gasteiger partial charge in [-0.1, -0.05) is 33.6 Å². The van der Waals surface area contributed by atoms with Crippen LogP contribution in [0.15, 0.2) is 0 Å². The van der Waals surface area contributed by atoms with E-state index in [0.29, 0.717) is 24.4 Å². The van der Waals surface area contributed by atoms with Gasteiger partial charge in [0.25, 0.3) is 0 Å². The molecule has 0 aromatic rings. The third-order valence-corrected chi connectivity index (χ3v) is 7.51. The molecule has 3 saturated carbocycles. The van der Waals surface area contributed by atoms with Gasteiger partial charge in [0.05, 0.1) is 0 Å². The molecular formula is C19H32N2O2. The van der Waals surface area contributed by atoms with Gasteiger partial charge in [-0.25, -0.2) is 0 Å². The Morgan fingerprint density at radius 3 is 2.35 bits per heavy atom. The molecule has 0 spiro atoms. The summed E-state index contributed by atoms with van der Waals surface area (Å²) in [6.07, 6.45) is 8.37. The van der Waals surface area contributed by atoms with Crippen LogP contribution in [0.2, 0.25) is 0 Å². The lowest BCUT2D eigenvalue weighted by Crippen LogP contribution is -2.47. The summed E-state index contributed by atoms with van der Waals surface area (Å²) >= 11 is 0. The molecule has 0 aromatic heterocycles. The molecule has 3 atom stereocenters. The van der Waals surface area contributed by atoms with Crippen LogP contribution in [0.25, 0.3) is 0 Å². The monoisotopic (exact) mass is 320 g/mol. The van der Waals surface area contributed by atoms with E-state index in [4.69, 9.17) is 0 Å². The molecule has 23 heavy (non-hydrogen) atoms. The van der Waals surface area contributed by atoms with Crippen molar-refractivity contribution < 1.29 is 9.59 Å². The van der Waals surface area contributed by atoms with Gasteiger partial charge in [0, 0.05) is 24.9 Å². The van der Waals surface area contributed by atoms with E-state index in [9.17, 15) is 9.59 Å². The summed E-state index contributed by atoms with van der Waals surface area (Å²) in [5.41, 5.74) is 0.544. The second kappa shape index (κ2) is 6.10. The molecule has 0 aromatic carbocycles. The van der Waals surface area contributed by atoms with Gasteiger partial charge in [-0.3, -0.25) is 9.59 Å². The third-order valence-electron chi connectivity index (χ3n) is 7.51. The van der Waals surface area contributed by atoms with Crippen LogP contribution in [-0.2, 0) is 9.59 Å². The predicted molar refractivity (Wildman–Crippen MR) is 90.7 cm³/mol. The lowest BCUT2D eigenvalue weighted by atomic mass is 9.69. The molecule has 2 N–H and O–H groups in total. The molecule has 4 nitrogen and oxygen atoms in total. The van der Waals surface area contributed by atoms with E-state index in [0.717, 1.165) is 38.0 Å². The van der Waals surface area contributed by atoms with Crippen molar-refractivity contribution in [2.75, 3.05) is 6.54 Å². The Morgan fingerprint density at radius 2 is 1.78 bits per heavy atom. The number of amides is 2. The maximum atomic E-state index is 12.3. The summed E-state index contributed by atoms with van der Waals surface area (Å²) in [6, 6.07) is 0.300. The van der Waals surface area contributed by atoms with Gasteiger partial charge in [0.15, 0.2) is 0 Å². The van der Waals surface area contributed by atoms with E-state index < -0.39 is 0 Å². The molecule has 3 aliphatic rings. The molecule has 3 aliphatic carbocycles. The fourth-order valence-corrected chi connectivity index (χ4v) is 5.32. The highest BCUT2D eigenvalue weighted by molar-refractivity contribution is 5.80. The van der Waals surface area contributed by atoms with Crippen molar-refractivity contribution in [2.45, 2.75) is 78.2 Å². The minimum Gasteiger partial charge on any atom is -0.355 e. The Hall–Kier alpha value is -1.06. The van der Waals surface area contributed by atoms with Crippen molar-refractivity contribution in [3.05, 3.63) is 0 Å². The van der Waals surface area contributed by atoms with E-state index in [1.165, 1.54) is 12.8 Å². The van der Waals surface area contributed by atoms with Crippen molar-refractivity contribution >= 4 is 11.8 Å². The Kier molecular flexibility index (Phi) is 4.45. The Labute approximate surface area is 140 Å². The first-order valence-corrected chi connectivity index (χ1v) is 9.41. The first-order valence-electron chi connectivity index (χ1n) is 9.41. The highest BCUT2D eigenvalue weighted by Gasteiger charge is 2.61. The van der Waals surface area contributed by atoms with Gasteiger partial charge in [0.1, 0.15) is 0 Å². The van der Waals surface area contributed by atoms with E-state index >= 15 is 0 Å². The first-order chi connectivity index (χ1) is 10.8. The molecule has 130 valence electrons. The zero-order valence-corrected chi connectivity index (χ0v) is 14.9. The second-order valence-corrected chi connectivity index (χ2v) is 8.75. The molecule has 2 amide bonds. The van der Waals surface area contributed by atoms with Crippen molar-refractivity contribution in [3.63, 3.8) is 0 Å². The maximum absolute atomic E-state index is 12.3. The summed E-state index contributed by atoms with van der Waals surface area (Å²) in [6.45, 7) is 7.53. The van der Waals surface area contributed by atoms with Crippen LogP contribution in [0.5, 0.6) is 0 Å². The third kappa shape index (κ3) is 2.89. The van der Waals surface area contributed by atoms with Crippen LogP contribution in [0, 0.1) is 22.7 Å². The summed E-state index contributed by atoms with van der Waals surface area (Å²) < 4.78 is 0. The van der Waals surface area contributed by atoms with E-state index in [2.05, 4.69) is 31.4 Å². The van der Waals surface area contributed by atoms with Crippen molar-refractivity contribution in [3.8, 4) is 0 Å². The molecule has 0 saturated heterocycles. The topological polar surface area (TPSA) is 58.2 Å². The quantitative estimate of drug-likeness (QED) is 0.818. The molecule has 0 radical (unpaired) electrons. The number of nitrogens with one attached hydrogen (secondary N) is 2. The van der Waals surface area contributed by atoms with E-state index in [1.807, 2.05) is 0 Å². The van der Waals surface area contributed by atoms with Gasteiger partial charge in [-0.2, -0.15) is 0 Å². The zero-order valence-electron chi connectivity index (χ0n) is 14.9. The van der Waals surface area contributed by atoms with E-state index in [-0.39, 0.29) is 23.1 Å². The summed E-state index contributed by atoms with van der Waals surface area (Å²) in [4.78, 5) is 24.2. The Bertz CT molecular complexity index is 482. The van der Waals surface area contributed by atoms with Crippen molar-refractivity contribution in [1.29, 1.82) is 0 Å². The lowest BCUT2D eigenvalue weighted by Gasteiger charge is -2.39. The zero-order chi connectivity index (χ0) is 16.7. The van der Waals surface area contributed by atoms with Gasteiger partial charge in [0.2, 0.25) is 11.8 Å². The standard InChI is InChI=1S/C19H32N2O2/c1-18(2)14-8-10-19(18,3)15(12-14)21-16(22)9-11-20-17(23)13-6-4-5-7-13/h13-15H,4-12H2,1-3H3,(H,20,23)(H,21,22)/t14-,15+,19-/m0/s1. The fraction of sp³-hybridized carbons (Fsp3) is 0.895. The number of carbonyl (C=O) groups is 2. The molecule has 3 fully saturated rings. The highest BCUT2D eigenvalue weighted by atomic mass is 16.2. The van der Waals surface area contributed by atoms with Crippen LogP contribution < -0.4 is 10.6 Å². The molecule has 3 rings (SSSR count). The maximum Gasteiger partial charge on any atom is 0.223 e. The van der Waals surface area contributed by atoms with Gasteiger partial charge in [-0.15, -0.1) is 0 Å². The van der Waals surface area contributed by atoms with Crippen molar-refractivity contribution in [1.82, 2.24) is 10.6 Å². The molecule has 4 heteroatoms. The number of hydrogen-bond donors (Lipinski definition) is 2. The molecule has 2 bridgehead atoms. The number of hydrogen-bond acceptors (Lipinski definition) is 2. The van der Waals surface area contributed by atoms with Crippen LogP contribution in [0.1, 0.15) is 72.1 Å². The predicted octanol–water partition coefficient (Wildman–Crippen LogP) is 3.01. The number of carbonyl (C=O) groups excluding carboxylic acids is 2. The van der Waals surface area contributed by atoms with Gasteiger partial charge in [-0.05, 0) is 48.9 Å². The molecule has 0 heterocycles. The normalized spacial score (nSPS) is 35.4. The fourth-order valence-electron chi connectivity index (χ4n) is 5.32. The van der Waals surface area contributed by atoms with Crippen LogP contribution in [0.4, 0.5) is 0 Å². The average molecular weight is 320 g/mol. The second-order valence-electron chi connectivity index (χ2n) is 8.75. The Balaban J connectivity index is 1.43. The molecular weight excluding hydrogens is 288 g/mol. The first kappa shape index (κ1) is 16.8. The molecule has 0 aliphatic heterocycles.